The largest absolute Gasteiger partial charge is 0.380 e. The predicted molar refractivity (Wildman–Crippen MR) is 125 cm³/mol. The molecule has 156 valence electrons. The molecule has 0 fully saturated rings. The molecule has 1 atom stereocenters. The summed E-state index contributed by atoms with van der Waals surface area (Å²) in [5.41, 5.74) is 3.52. The van der Waals surface area contributed by atoms with E-state index in [0.29, 0.717) is 29.4 Å². The third-order valence-corrected chi connectivity index (χ3v) is 6.47. The molecule has 0 spiro atoms. The molecular weight excluding hydrogens is 440 g/mol. The number of anilines is 1. The molecule has 4 rings (SSSR count). The van der Waals surface area contributed by atoms with Crippen LogP contribution in [0.25, 0.3) is 12.2 Å². The molecule has 0 amide bonds. The second kappa shape index (κ2) is 8.85. The molecule has 0 saturated carbocycles. The summed E-state index contributed by atoms with van der Waals surface area (Å²) >= 11 is 13.4. The summed E-state index contributed by atoms with van der Waals surface area (Å²) in [5, 5.41) is 4.83. The van der Waals surface area contributed by atoms with Gasteiger partial charge in [-0.25, -0.2) is 9.78 Å². The Morgan fingerprint density at radius 2 is 2.20 bits per heavy atom. The molecule has 2 heterocycles. The highest BCUT2D eigenvalue weighted by molar-refractivity contribution is 7.71. The van der Waals surface area contributed by atoms with Crippen molar-refractivity contribution >= 4 is 52.4 Å². The Balaban J connectivity index is 1.85. The summed E-state index contributed by atoms with van der Waals surface area (Å²) in [4.78, 5) is 20.7. The highest BCUT2D eigenvalue weighted by Gasteiger charge is 2.28. The first-order chi connectivity index (χ1) is 14.5. The molecule has 9 heteroatoms. The molecule has 6 nitrogen and oxygen atoms in total. The molecule has 2 aromatic heterocycles. The lowest BCUT2D eigenvalue weighted by molar-refractivity contribution is 0.158. The molecule has 0 aliphatic heterocycles. The molecule has 0 bridgehead atoms. The summed E-state index contributed by atoms with van der Waals surface area (Å²) in [6, 6.07) is 5.81. The van der Waals surface area contributed by atoms with Gasteiger partial charge in [-0.1, -0.05) is 47.3 Å². The quantitative estimate of drug-likeness (QED) is 0.323. The Kier molecular flexibility index (Phi) is 6.19. The topological polar surface area (TPSA) is 71.9 Å². The van der Waals surface area contributed by atoms with Crippen molar-refractivity contribution in [2.75, 3.05) is 25.1 Å². The van der Waals surface area contributed by atoms with E-state index in [-0.39, 0.29) is 11.6 Å². The average molecular weight is 461 g/mol. The number of thiazole rings is 1. The number of halogens is 1. The van der Waals surface area contributed by atoms with Gasteiger partial charge in [0.25, 0.3) is 0 Å². The Hall–Kier alpha value is -2.26. The van der Waals surface area contributed by atoms with Crippen LogP contribution in [0.15, 0.2) is 29.2 Å². The zero-order valence-corrected chi connectivity index (χ0v) is 19.0. The van der Waals surface area contributed by atoms with Crippen LogP contribution < -0.4 is 11.0 Å². The van der Waals surface area contributed by atoms with Gasteiger partial charge in [0.05, 0.1) is 23.1 Å². The number of fused-ring (bicyclic) bond motifs is 2. The van der Waals surface area contributed by atoms with Gasteiger partial charge in [-0.3, -0.25) is 4.98 Å². The predicted octanol–water partition coefficient (Wildman–Crippen LogP) is 4.67. The number of aromatic nitrogens is 3. The molecule has 3 aromatic rings. The molecule has 0 saturated heterocycles. The minimum Gasteiger partial charge on any atom is -0.380 e. The Labute approximate surface area is 188 Å². The molecule has 1 aliphatic carbocycles. The van der Waals surface area contributed by atoms with E-state index in [1.807, 2.05) is 25.1 Å². The first-order valence-corrected chi connectivity index (χ1v) is 11.2. The number of aromatic amines is 1. The number of benzene rings is 1. The van der Waals surface area contributed by atoms with Gasteiger partial charge in [0.1, 0.15) is 4.64 Å². The van der Waals surface area contributed by atoms with Gasteiger partial charge >= 0.3 is 5.69 Å². The fraction of sp³-hybridized carbons (Fsp3) is 0.286. The van der Waals surface area contributed by atoms with Crippen molar-refractivity contribution in [3.8, 4) is 0 Å². The monoisotopic (exact) mass is 460 g/mol. The fourth-order valence-corrected chi connectivity index (χ4v) is 4.86. The number of ether oxygens (including phenoxy) is 1. The summed E-state index contributed by atoms with van der Waals surface area (Å²) in [6.07, 6.45) is 5.91. The van der Waals surface area contributed by atoms with Crippen LogP contribution in [0.2, 0.25) is 5.02 Å². The number of aryl methyl sites for hydroxylation is 1. The third-order valence-electron chi connectivity index (χ3n) is 4.90. The summed E-state index contributed by atoms with van der Waals surface area (Å²) in [7, 11) is 1.71. The van der Waals surface area contributed by atoms with E-state index >= 15 is 0 Å². The second-order valence-corrected chi connectivity index (χ2v) is 8.76. The number of hydrogen-bond acceptors (Lipinski definition) is 6. The van der Waals surface area contributed by atoms with E-state index in [0.717, 1.165) is 32.4 Å². The van der Waals surface area contributed by atoms with Gasteiger partial charge in [0.2, 0.25) is 0 Å². The Bertz CT molecular complexity index is 1230. The minimum absolute atomic E-state index is 0.225. The van der Waals surface area contributed by atoms with Crippen LogP contribution in [0.1, 0.15) is 40.1 Å². The standard InChI is InChI=1S/C21H21ClN4O2S2/c1-3-28-9-8-23-20-24-18-16(30-20)7-4-12-10-13(22)5-6-14(12)17(18)15-11-26(2)21(27)25-19(15)29/h4-7,10-11,17H,3,8-9H2,1-2H3,(H,23,24)(H,25,27,29)/t17-/m0/s1. The average Bonchev–Trinajstić information content (AvgIpc) is 3.05. The normalized spacial score (nSPS) is 14.8. The molecule has 1 aliphatic rings. The van der Waals surface area contributed by atoms with E-state index in [4.69, 9.17) is 33.5 Å². The van der Waals surface area contributed by atoms with Crippen molar-refractivity contribution in [2.45, 2.75) is 12.8 Å². The second-order valence-electron chi connectivity index (χ2n) is 6.89. The number of nitrogens with zero attached hydrogens (tertiary/aromatic N) is 2. The van der Waals surface area contributed by atoms with Crippen molar-refractivity contribution in [3.63, 3.8) is 0 Å². The van der Waals surface area contributed by atoms with E-state index in [1.54, 1.807) is 24.6 Å². The lowest BCUT2D eigenvalue weighted by Gasteiger charge is -2.19. The van der Waals surface area contributed by atoms with Crippen molar-refractivity contribution in [3.05, 3.63) is 71.8 Å². The highest BCUT2D eigenvalue weighted by atomic mass is 35.5. The zero-order chi connectivity index (χ0) is 21.3. The number of H-pyrrole nitrogens is 1. The molecule has 0 radical (unpaired) electrons. The van der Waals surface area contributed by atoms with E-state index in [2.05, 4.69) is 22.5 Å². The van der Waals surface area contributed by atoms with Gasteiger partial charge in [0, 0.05) is 37.0 Å². The van der Waals surface area contributed by atoms with Crippen LogP contribution in [0.3, 0.4) is 0 Å². The van der Waals surface area contributed by atoms with Crippen molar-refractivity contribution in [2.24, 2.45) is 7.05 Å². The van der Waals surface area contributed by atoms with Crippen LogP contribution in [-0.2, 0) is 11.8 Å². The van der Waals surface area contributed by atoms with E-state index < -0.39 is 0 Å². The molecule has 2 N–H and O–H groups in total. The van der Waals surface area contributed by atoms with Gasteiger partial charge in [-0.2, -0.15) is 0 Å². The lowest BCUT2D eigenvalue weighted by atomic mass is 9.88. The smallest absolute Gasteiger partial charge is 0.326 e. The van der Waals surface area contributed by atoms with Crippen LogP contribution >= 0.6 is 35.2 Å². The maximum atomic E-state index is 12.0. The summed E-state index contributed by atoms with van der Waals surface area (Å²) < 4.78 is 7.32. The van der Waals surface area contributed by atoms with Crippen LogP contribution in [-0.4, -0.2) is 34.3 Å². The number of nitrogens with one attached hydrogen (secondary N) is 2. The van der Waals surface area contributed by atoms with Crippen molar-refractivity contribution in [1.29, 1.82) is 0 Å². The number of rotatable bonds is 6. The van der Waals surface area contributed by atoms with Crippen LogP contribution in [0, 0.1) is 4.64 Å². The molecule has 0 unspecified atom stereocenters. The molecule has 30 heavy (non-hydrogen) atoms. The summed E-state index contributed by atoms with van der Waals surface area (Å²) in [5.74, 6) is -0.225. The van der Waals surface area contributed by atoms with E-state index in [1.165, 1.54) is 4.57 Å². The maximum Gasteiger partial charge on any atom is 0.326 e. The van der Waals surface area contributed by atoms with Gasteiger partial charge < -0.3 is 14.6 Å². The lowest BCUT2D eigenvalue weighted by Crippen LogP contribution is -2.22. The van der Waals surface area contributed by atoms with E-state index in [9.17, 15) is 4.79 Å². The third kappa shape index (κ3) is 4.13. The van der Waals surface area contributed by atoms with Crippen LogP contribution in [0.5, 0.6) is 0 Å². The number of hydrogen-bond donors (Lipinski definition) is 2. The van der Waals surface area contributed by atoms with Crippen LogP contribution in [0.4, 0.5) is 5.13 Å². The van der Waals surface area contributed by atoms with Gasteiger partial charge in [0.15, 0.2) is 5.13 Å². The van der Waals surface area contributed by atoms with Crippen molar-refractivity contribution in [1.82, 2.24) is 14.5 Å². The zero-order valence-electron chi connectivity index (χ0n) is 16.6. The SMILES string of the molecule is CCOCCNc1nc2c(s1)C=Cc1cc(Cl)ccc1[C@H]2c1cn(C)c(=O)[nH]c1=S. The fourth-order valence-electron chi connectivity index (χ4n) is 3.49. The van der Waals surface area contributed by atoms with Crippen molar-refractivity contribution < 1.29 is 4.74 Å². The molecule has 1 aromatic carbocycles. The van der Waals surface area contributed by atoms with Gasteiger partial charge in [-0.05, 0) is 36.3 Å². The highest BCUT2D eigenvalue weighted by Crippen LogP contribution is 2.42. The first kappa shape index (κ1) is 21.0. The molecular formula is C21H21ClN4O2S2. The first-order valence-electron chi connectivity index (χ1n) is 9.57. The Morgan fingerprint density at radius 3 is 3.00 bits per heavy atom. The Morgan fingerprint density at radius 1 is 1.37 bits per heavy atom. The van der Waals surface area contributed by atoms with Gasteiger partial charge in [-0.15, -0.1) is 0 Å². The summed E-state index contributed by atoms with van der Waals surface area (Å²) in [6.45, 7) is 3.96. The minimum atomic E-state index is -0.247. The maximum absolute atomic E-state index is 12.0.